The van der Waals surface area contributed by atoms with Gasteiger partial charge in [0.05, 0.1) is 16.8 Å². The number of hydrogen-bond acceptors (Lipinski definition) is 4. The predicted octanol–water partition coefficient (Wildman–Crippen LogP) is 3.20. The molecule has 3 aromatic rings. The smallest absolute Gasteiger partial charge is 0.178 e. The fourth-order valence-electron chi connectivity index (χ4n) is 3.55. The Kier molecular flexibility index (Phi) is 4.25. The molecular formula is C20H22N2O3S. The van der Waals surface area contributed by atoms with Crippen molar-refractivity contribution >= 4 is 26.4 Å². The van der Waals surface area contributed by atoms with Gasteiger partial charge in [-0.1, -0.05) is 25.1 Å². The molecule has 0 amide bonds. The Morgan fingerprint density at radius 1 is 1.19 bits per heavy atom. The molecule has 1 aliphatic heterocycles. The molecule has 5 nitrogen and oxygen atoms in total. The number of benzene rings is 2. The molecule has 0 unspecified atom stereocenters. The number of aromatic nitrogens is 1. The average molecular weight is 370 g/mol. The molecule has 0 spiro atoms. The van der Waals surface area contributed by atoms with Crippen LogP contribution in [0.3, 0.4) is 0 Å². The normalized spacial score (nSPS) is 17.9. The van der Waals surface area contributed by atoms with E-state index in [0.717, 1.165) is 40.8 Å². The molecule has 6 heteroatoms. The Morgan fingerprint density at radius 2 is 2.00 bits per heavy atom. The van der Waals surface area contributed by atoms with Gasteiger partial charge in [-0.15, -0.1) is 0 Å². The van der Waals surface area contributed by atoms with Crippen molar-refractivity contribution in [1.82, 2.24) is 4.98 Å². The Hall–Kier alpha value is -2.31. The zero-order valence-corrected chi connectivity index (χ0v) is 15.5. The minimum Gasteiger partial charge on any atom is -0.391 e. The first kappa shape index (κ1) is 17.1. The maximum atomic E-state index is 12.4. The minimum absolute atomic E-state index is 0.0704. The first-order valence-corrected chi connectivity index (χ1v) is 10.5. The van der Waals surface area contributed by atoms with Crippen molar-refractivity contribution in [3.63, 3.8) is 0 Å². The van der Waals surface area contributed by atoms with Crippen LogP contribution in [0.1, 0.15) is 13.3 Å². The first-order valence-electron chi connectivity index (χ1n) is 8.86. The van der Waals surface area contributed by atoms with Gasteiger partial charge in [-0.25, -0.2) is 8.42 Å². The van der Waals surface area contributed by atoms with Crippen LogP contribution in [0.5, 0.6) is 0 Å². The van der Waals surface area contributed by atoms with Gasteiger partial charge in [-0.3, -0.25) is 0 Å². The third-order valence-corrected chi connectivity index (χ3v) is 6.76. The van der Waals surface area contributed by atoms with Crippen LogP contribution < -0.4 is 4.90 Å². The number of fused-ring (bicyclic) bond motifs is 1. The van der Waals surface area contributed by atoms with Gasteiger partial charge in [0.1, 0.15) is 0 Å². The van der Waals surface area contributed by atoms with Gasteiger partial charge in [0, 0.05) is 40.9 Å². The number of β-amino-alcohol motifs (C(OH)–C–C–N with tert-alkyl or cyclic N) is 1. The van der Waals surface area contributed by atoms with Crippen molar-refractivity contribution in [2.24, 2.45) is 0 Å². The monoisotopic (exact) mass is 370 g/mol. The second-order valence-corrected chi connectivity index (χ2v) is 9.02. The van der Waals surface area contributed by atoms with Crippen LogP contribution in [0.4, 0.5) is 5.69 Å². The number of rotatable bonds is 4. The van der Waals surface area contributed by atoms with E-state index in [1.165, 1.54) is 0 Å². The third-order valence-electron chi connectivity index (χ3n) is 5.03. The number of anilines is 1. The molecule has 1 aliphatic rings. The van der Waals surface area contributed by atoms with Gasteiger partial charge in [-0.2, -0.15) is 0 Å². The summed E-state index contributed by atoms with van der Waals surface area (Å²) in [6, 6.07) is 15.3. The molecule has 1 atom stereocenters. The van der Waals surface area contributed by atoms with E-state index in [1.54, 1.807) is 19.1 Å². The van der Waals surface area contributed by atoms with Crippen LogP contribution >= 0.6 is 0 Å². The molecule has 1 aromatic heterocycles. The van der Waals surface area contributed by atoms with E-state index in [0.29, 0.717) is 11.4 Å². The molecule has 1 fully saturated rings. The number of aromatic amines is 1. The molecule has 4 rings (SSSR count). The highest BCUT2D eigenvalue weighted by molar-refractivity contribution is 7.91. The lowest BCUT2D eigenvalue weighted by Gasteiger charge is -2.22. The molecule has 0 aliphatic carbocycles. The highest BCUT2D eigenvalue weighted by Crippen LogP contribution is 2.36. The highest BCUT2D eigenvalue weighted by Gasteiger charge is 2.24. The summed E-state index contributed by atoms with van der Waals surface area (Å²) in [6.07, 6.45) is 0.380. The number of nitrogens with zero attached hydrogens (tertiary/aromatic N) is 1. The largest absolute Gasteiger partial charge is 0.391 e. The van der Waals surface area contributed by atoms with E-state index >= 15 is 0 Å². The molecule has 136 valence electrons. The van der Waals surface area contributed by atoms with Gasteiger partial charge < -0.3 is 15.0 Å². The van der Waals surface area contributed by atoms with Crippen molar-refractivity contribution < 1.29 is 13.5 Å². The van der Waals surface area contributed by atoms with Gasteiger partial charge >= 0.3 is 0 Å². The summed E-state index contributed by atoms with van der Waals surface area (Å²) >= 11 is 0. The Balaban J connectivity index is 1.89. The van der Waals surface area contributed by atoms with E-state index < -0.39 is 9.84 Å². The summed E-state index contributed by atoms with van der Waals surface area (Å²) in [4.78, 5) is 5.85. The lowest BCUT2D eigenvalue weighted by atomic mass is 10.1. The molecule has 2 heterocycles. The Labute approximate surface area is 153 Å². The van der Waals surface area contributed by atoms with Crippen LogP contribution in [0.2, 0.25) is 0 Å². The molecule has 0 bridgehead atoms. The number of aliphatic hydroxyl groups is 1. The van der Waals surface area contributed by atoms with E-state index in [1.807, 2.05) is 36.4 Å². The predicted molar refractivity (Wildman–Crippen MR) is 104 cm³/mol. The lowest BCUT2D eigenvalue weighted by molar-refractivity contribution is 0.198. The first-order chi connectivity index (χ1) is 12.5. The van der Waals surface area contributed by atoms with Crippen molar-refractivity contribution in [2.45, 2.75) is 24.3 Å². The number of nitrogens with one attached hydrogen (secondary N) is 1. The number of hydrogen-bond donors (Lipinski definition) is 2. The average Bonchev–Trinajstić information content (AvgIpc) is 3.27. The third kappa shape index (κ3) is 2.99. The summed E-state index contributed by atoms with van der Waals surface area (Å²) in [7, 11) is -3.29. The van der Waals surface area contributed by atoms with E-state index in [9.17, 15) is 13.5 Å². The molecule has 2 N–H and O–H groups in total. The summed E-state index contributed by atoms with van der Waals surface area (Å²) in [5.41, 5.74) is 3.70. The number of sulfone groups is 1. The Bertz CT molecular complexity index is 1020. The van der Waals surface area contributed by atoms with Crippen LogP contribution in [-0.2, 0) is 9.84 Å². The Morgan fingerprint density at radius 3 is 2.69 bits per heavy atom. The zero-order valence-electron chi connectivity index (χ0n) is 14.6. The molecule has 0 radical (unpaired) electrons. The van der Waals surface area contributed by atoms with Crippen molar-refractivity contribution in [1.29, 1.82) is 0 Å². The molecule has 0 saturated carbocycles. The van der Waals surface area contributed by atoms with Crippen LogP contribution in [-0.4, -0.2) is 43.5 Å². The van der Waals surface area contributed by atoms with Crippen LogP contribution in [0.15, 0.2) is 53.4 Å². The summed E-state index contributed by atoms with van der Waals surface area (Å²) in [6.45, 7) is 2.98. The second-order valence-electron chi connectivity index (χ2n) is 6.74. The van der Waals surface area contributed by atoms with Gasteiger partial charge in [0.2, 0.25) is 0 Å². The highest BCUT2D eigenvalue weighted by atomic mass is 32.2. The summed E-state index contributed by atoms with van der Waals surface area (Å²) in [5, 5.41) is 11.0. The van der Waals surface area contributed by atoms with Crippen LogP contribution in [0.25, 0.3) is 22.2 Å². The SMILES string of the molecule is CCS(=O)(=O)c1ccc(N2CC[C@H](O)C2)c(-c2cc3ccccc3[nH]2)c1. The topological polar surface area (TPSA) is 73.4 Å². The van der Waals surface area contributed by atoms with E-state index in [-0.39, 0.29) is 11.9 Å². The molecule has 2 aromatic carbocycles. The fraction of sp³-hybridized carbons (Fsp3) is 0.300. The van der Waals surface area contributed by atoms with Gasteiger partial charge in [0.15, 0.2) is 9.84 Å². The number of H-pyrrole nitrogens is 1. The minimum atomic E-state index is -3.29. The number of aliphatic hydroxyl groups excluding tert-OH is 1. The lowest BCUT2D eigenvalue weighted by Crippen LogP contribution is -2.22. The van der Waals surface area contributed by atoms with Gasteiger partial charge in [-0.05, 0) is 36.8 Å². The quantitative estimate of drug-likeness (QED) is 0.740. The van der Waals surface area contributed by atoms with Gasteiger partial charge in [0.25, 0.3) is 0 Å². The maximum absolute atomic E-state index is 12.4. The molecular weight excluding hydrogens is 348 g/mol. The second kappa shape index (κ2) is 6.45. The summed E-state index contributed by atoms with van der Waals surface area (Å²) in [5.74, 6) is 0.0704. The summed E-state index contributed by atoms with van der Waals surface area (Å²) < 4.78 is 24.8. The van der Waals surface area contributed by atoms with Crippen molar-refractivity contribution in [3.05, 3.63) is 48.5 Å². The fourth-order valence-corrected chi connectivity index (χ4v) is 4.45. The molecule has 26 heavy (non-hydrogen) atoms. The standard InChI is InChI=1S/C20H22N2O3S/c1-2-26(24,25)16-7-8-20(22-10-9-15(23)13-22)17(12-16)19-11-14-5-3-4-6-18(14)21-19/h3-8,11-12,15,21,23H,2,9-10,13H2,1H3/t15-/m0/s1. The maximum Gasteiger partial charge on any atom is 0.178 e. The zero-order chi connectivity index (χ0) is 18.3. The molecule has 1 saturated heterocycles. The van der Waals surface area contributed by atoms with Crippen molar-refractivity contribution in [3.8, 4) is 11.3 Å². The van der Waals surface area contributed by atoms with Crippen molar-refractivity contribution in [2.75, 3.05) is 23.7 Å². The van der Waals surface area contributed by atoms with Crippen LogP contribution in [0, 0.1) is 0 Å². The number of para-hydroxylation sites is 1. The van der Waals surface area contributed by atoms with E-state index in [2.05, 4.69) is 9.88 Å². The van der Waals surface area contributed by atoms with E-state index in [4.69, 9.17) is 0 Å².